The molecule has 2 atom stereocenters. The van der Waals surface area contributed by atoms with E-state index in [0.29, 0.717) is 11.1 Å². The highest BCUT2D eigenvalue weighted by molar-refractivity contribution is 6.70. The molecule has 6 heteroatoms. The first-order valence-electron chi connectivity index (χ1n) is 10.2. The zero-order chi connectivity index (χ0) is 22.8. The van der Waals surface area contributed by atoms with E-state index < -0.39 is 27.8 Å². The van der Waals surface area contributed by atoms with E-state index in [1.54, 1.807) is 0 Å². The Bertz CT molecular complexity index is 880. The lowest BCUT2D eigenvalue weighted by Gasteiger charge is -2.52. The minimum atomic E-state index is -2.02. The molecule has 2 rings (SSSR count). The molecule has 30 heavy (non-hydrogen) atoms. The van der Waals surface area contributed by atoms with Gasteiger partial charge in [0.05, 0.1) is 23.3 Å². The van der Waals surface area contributed by atoms with Crippen LogP contribution >= 0.6 is 0 Å². The fourth-order valence-corrected chi connectivity index (χ4v) is 6.89. The van der Waals surface area contributed by atoms with Crippen molar-refractivity contribution in [3.05, 3.63) is 70.8 Å². The van der Waals surface area contributed by atoms with Crippen LogP contribution in [0.15, 0.2) is 48.5 Å². The molecule has 2 aromatic rings. The second-order valence-corrected chi connectivity index (χ2v) is 18.7. The van der Waals surface area contributed by atoms with Crippen LogP contribution in [0.2, 0.25) is 39.3 Å². The van der Waals surface area contributed by atoms with Crippen LogP contribution in [0.5, 0.6) is 0 Å². The summed E-state index contributed by atoms with van der Waals surface area (Å²) in [6.07, 6.45) is 0. The summed E-state index contributed by atoms with van der Waals surface area (Å²) in [6, 6.07) is 19.6. The van der Waals surface area contributed by atoms with Crippen LogP contribution in [0.3, 0.4) is 0 Å². The van der Waals surface area contributed by atoms with Gasteiger partial charge in [0.2, 0.25) is 0 Å². The van der Waals surface area contributed by atoms with Crippen LogP contribution in [0.4, 0.5) is 0 Å². The summed E-state index contributed by atoms with van der Waals surface area (Å²) < 4.78 is 13.8. The third-order valence-corrected chi connectivity index (χ3v) is 7.10. The predicted octanol–water partition coefficient (Wildman–Crippen LogP) is 6.26. The highest BCUT2D eigenvalue weighted by Gasteiger charge is 2.52. The van der Waals surface area contributed by atoms with E-state index in [4.69, 9.17) is 8.85 Å². The Balaban J connectivity index is 2.79. The second-order valence-electron chi connectivity index (χ2n) is 9.87. The average Bonchev–Trinajstić information content (AvgIpc) is 2.65. The summed E-state index contributed by atoms with van der Waals surface area (Å²) in [4.78, 5) is 0. The summed E-state index contributed by atoms with van der Waals surface area (Å²) in [5.74, 6) is 0. The van der Waals surface area contributed by atoms with Gasteiger partial charge in [0.1, 0.15) is 11.2 Å². The molecule has 0 radical (unpaired) electrons. The van der Waals surface area contributed by atoms with Crippen LogP contribution in [0.25, 0.3) is 0 Å². The number of nitrogens with zero attached hydrogens (tertiary/aromatic N) is 2. The van der Waals surface area contributed by atoms with Gasteiger partial charge in [-0.2, -0.15) is 10.5 Å². The molecule has 0 N–H and O–H groups in total. The van der Waals surface area contributed by atoms with E-state index in [1.165, 1.54) is 0 Å². The standard InChI is InChI=1S/C24H32N2O2Si2/c1-23(27-29(3,4)5,21-13-9-19(17-25)10-14-21)24(2,28-30(6,7)8)22-15-11-20(18-26)12-16-22/h9-16H,1-8H3. The van der Waals surface area contributed by atoms with Gasteiger partial charge >= 0.3 is 0 Å². The van der Waals surface area contributed by atoms with Gasteiger partial charge < -0.3 is 8.85 Å². The topological polar surface area (TPSA) is 66.0 Å². The molecule has 0 aromatic heterocycles. The number of hydrogen-bond acceptors (Lipinski definition) is 4. The van der Waals surface area contributed by atoms with E-state index in [1.807, 2.05) is 48.5 Å². The molecule has 0 spiro atoms. The Labute approximate surface area is 183 Å². The molecule has 0 saturated carbocycles. The van der Waals surface area contributed by atoms with Gasteiger partial charge in [0, 0.05) is 0 Å². The molecule has 0 saturated heterocycles. The van der Waals surface area contributed by atoms with Gasteiger partial charge in [0.15, 0.2) is 16.6 Å². The predicted molar refractivity (Wildman–Crippen MR) is 126 cm³/mol. The van der Waals surface area contributed by atoms with E-state index in [2.05, 4.69) is 65.3 Å². The van der Waals surface area contributed by atoms with Gasteiger partial charge in [-0.1, -0.05) is 24.3 Å². The molecule has 0 heterocycles. The first kappa shape index (κ1) is 24.0. The smallest absolute Gasteiger partial charge is 0.185 e. The van der Waals surface area contributed by atoms with E-state index >= 15 is 0 Å². The van der Waals surface area contributed by atoms with E-state index in [9.17, 15) is 10.5 Å². The van der Waals surface area contributed by atoms with Crippen LogP contribution in [0, 0.1) is 22.7 Å². The molecule has 4 nitrogen and oxygen atoms in total. The molecule has 0 amide bonds. The van der Waals surface area contributed by atoms with Gasteiger partial charge in [-0.3, -0.25) is 0 Å². The maximum Gasteiger partial charge on any atom is 0.185 e. The van der Waals surface area contributed by atoms with Crippen molar-refractivity contribution in [2.45, 2.75) is 64.3 Å². The maximum absolute atomic E-state index is 9.24. The number of nitriles is 2. The van der Waals surface area contributed by atoms with Crippen LogP contribution in [-0.4, -0.2) is 16.6 Å². The molecular weight excluding hydrogens is 404 g/mol. The number of benzene rings is 2. The molecule has 0 aliphatic rings. The second kappa shape index (κ2) is 8.49. The van der Waals surface area contributed by atoms with Gasteiger partial charge in [-0.05, 0) is 88.5 Å². The van der Waals surface area contributed by atoms with Crippen molar-refractivity contribution in [1.29, 1.82) is 10.5 Å². The lowest BCUT2D eigenvalue weighted by Crippen LogP contribution is -2.56. The molecule has 0 aliphatic carbocycles. The largest absolute Gasteiger partial charge is 0.405 e. The summed E-state index contributed by atoms with van der Waals surface area (Å²) >= 11 is 0. The molecule has 2 aromatic carbocycles. The van der Waals surface area contributed by atoms with Crippen molar-refractivity contribution in [3.63, 3.8) is 0 Å². The van der Waals surface area contributed by atoms with Crippen molar-refractivity contribution in [3.8, 4) is 12.1 Å². The minimum Gasteiger partial charge on any atom is -0.405 e. The summed E-state index contributed by atoms with van der Waals surface area (Å²) in [6.45, 7) is 17.2. The fraction of sp³-hybridized carbons (Fsp3) is 0.417. The van der Waals surface area contributed by atoms with E-state index in [-0.39, 0.29) is 0 Å². The van der Waals surface area contributed by atoms with Gasteiger partial charge in [-0.25, -0.2) is 0 Å². The molecule has 2 unspecified atom stereocenters. The van der Waals surface area contributed by atoms with Crippen molar-refractivity contribution < 1.29 is 8.85 Å². The molecule has 0 bridgehead atoms. The van der Waals surface area contributed by atoms with Crippen molar-refractivity contribution in [2.75, 3.05) is 0 Å². The lowest BCUT2D eigenvalue weighted by molar-refractivity contribution is -0.118. The van der Waals surface area contributed by atoms with Crippen LogP contribution in [0.1, 0.15) is 36.1 Å². The minimum absolute atomic E-state index is 0.611. The van der Waals surface area contributed by atoms with Gasteiger partial charge in [0.25, 0.3) is 0 Å². The molecule has 0 aliphatic heterocycles. The Hall–Kier alpha value is -2.23. The highest BCUT2D eigenvalue weighted by Crippen LogP contribution is 2.49. The quantitative estimate of drug-likeness (QED) is 0.480. The summed E-state index contributed by atoms with van der Waals surface area (Å²) in [7, 11) is -4.03. The van der Waals surface area contributed by atoms with Crippen molar-refractivity contribution in [1.82, 2.24) is 0 Å². The molecular formula is C24H32N2O2Si2. The van der Waals surface area contributed by atoms with Crippen LogP contribution < -0.4 is 0 Å². The molecule has 0 fully saturated rings. The van der Waals surface area contributed by atoms with Crippen LogP contribution in [-0.2, 0) is 20.1 Å². The number of rotatable bonds is 7. The summed E-state index contributed by atoms with van der Waals surface area (Å²) in [5, 5.41) is 18.5. The SMILES string of the molecule is CC(O[Si](C)(C)C)(c1ccc(C#N)cc1)C(C)(O[Si](C)(C)C)c1ccc(C#N)cc1. The highest BCUT2D eigenvalue weighted by atomic mass is 28.4. The molecule has 158 valence electrons. The van der Waals surface area contributed by atoms with Crippen molar-refractivity contribution >= 4 is 16.6 Å². The Morgan fingerprint density at radius 2 is 0.867 bits per heavy atom. The monoisotopic (exact) mass is 436 g/mol. The Kier molecular flexibility index (Phi) is 6.80. The third-order valence-electron chi connectivity index (χ3n) is 5.06. The Morgan fingerprint density at radius 1 is 0.600 bits per heavy atom. The third kappa shape index (κ3) is 5.27. The average molecular weight is 437 g/mol. The lowest BCUT2D eigenvalue weighted by atomic mass is 9.75. The zero-order valence-electron chi connectivity index (χ0n) is 19.3. The first-order valence-corrected chi connectivity index (χ1v) is 17.0. The normalized spacial score (nSPS) is 16.1. The Morgan fingerprint density at radius 3 is 1.07 bits per heavy atom. The first-order chi connectivity index (χ1) is 13.7. The number of hydrogen-bond donors (Lipinski definition) is 0. The van der Waals surface area contributed by atoms with Gasteiger partial charge in [-0.15, -0.1) is 0 Å². The summed E-state index contributed by atoms with van der Waals surface area (Å²) in [5.41, 5.74) is 1.57. The van der Waals surface area contributed by atoms with Crippen molar-refractivity contribution in [2.24, 2.45) is 0 Å². The van der Waals surface area contributed by atoms with E-state index in [0.717, 1.165) is 11.1 Å². The maximum atomic E-state index is 9.24. The fourth-order valence-electron chi connectivity index (χ4n) is 3.81. The zero-order valence-corrected chi connectivity index (χ0v) is 21.3.